The van der Waals surface area contributed by atoms with E-state index in [0.29, 0.717) is 10.7 Å². The Labute approximate surface area is 126 Å². The molecule has 0 saturated heterocycles. The van der Waals surface area contributed by atoms with Crippen molar-refractivity contribution in [3.63, 3.8) is 0 Å². The lowest BCUT2D eigenvalue weighted by atomic mass is 10.2. The van der Waals surface area contributed by atoms with Crippen LogP contribution in [0.25, 0.3) is 0 Å². The van der Waals surface area contributed by atoms with Crippen LogP contribution in [0.1, 0.15) is 5.56 Å². The first-order valence-electron chi connectivity index (χ1n) is 5.71. The summed E-state index contributed by atoms with van der Waals surface area (Å²) in [6.45, 7) is 0. The van der Waals surface area contributed by atoms with Crippen molar-refractivity contribution in [1.82, 2.24) is 0 Å². The fraction of sp³-hybridized carbons (Fsp3) is 0. The molecule has 2 aromatic rings. The molecule has 20 heavy (non-hydrogen) atoms. The fourth-order valence-corrected chi connectivity index (χ4v) is 1.87. The van der Waals surface area contributed by atoms with E-state index >= 15 is 0 Å². The van der Waals surface area contributed by atoms with Crippen molar-refractivity contribution in [2.45, 2.75) is 0 Å². The quantitative estimate of drug-likeness (QED) is 0.535. The van der Waals surface area contributed by atoms with Crippen molar-refractivity contribution in [2.24, 2.45) is 10.8 Å². The number of hydrogen-bond donors (Lipinski definition) is 1. The van der Waals surface area contributed by atoms with Gasteiger partial charge in [-0.25, -0.2) is 9.40 Å². The van der Waals surface area contributed by atoms with E-state index in [1.807, 2.05) is 18.2 Å². The minimum atomic E-state index is -0.341. The van der Waals surface area contributed by atoms with Gasteiger partial charge in [-0.3, -0.25) is 0 Å². The van der Waals surface area contributed by atoms with Gasteiger partial charge in [0.1, 0.15) is 5.82 Å². The molecule has 0 aromatic heterocycles. The van der Waals surface area contributed by atoms with Crippen LogP contribution in [0.15, 0.2) is 53.6 Å². The average Bonchev–Trinajstić information content (AvgIpc) is 2.42. The van der Waals surface area contributed by atoms with E-state index in [4.69, 9.17) is 29.6 Å². The molecule has 0 spiro atoms. The molecule has 0 fully saturated rings. The molecule has 0 bridgehead atoms. The van der Waals surface area contributed by atoms with Crippen LogP contribution in [-0.2, 0) is 0 Å². The van der Waals surface area contributed by atoms with E-state index in [-0.39, 0.29) is 10.9 Å². The molecular weight excluding hydrogens is 297 g/mol. The van der Waals surface area contributed by atoms with Crippen LogP contribution in [0, 0.1) is 5.82 Å². The predicted molar refractivity (Wildman–Crippen MR) is 84.7 cm³/mol. The summed E-state index contributed by atoms with van der Waals surface area (Å²) in [5, 5.41) is 6.14. The summed E-state index contributed by atoms with van der Waals surface area (Å²) < 4.78 is 12.9. The van der Waals surface area contributed by atoms with E-state index in [1.165, 1.54) is 17.1 Å². The maximum absolute atomic E-state index is 12.9. The smallest absolute Gasteiger partial charge is 0.191 e. The highest BCUT2D eigenvalue weighted by atomic mass is 35.5. The van der Waals surface area contributed by atoms with E-state index < -0.39 is 0 Å². The molecule has 3 nitrogen and oxygen atoms in total. The Balaban J connectivity index is 2.29. The lowest BCUT2D eigenvalue weighted by Gasteiger charge is -2.16. The number of thiocarbonyl (C=S) groups is 1. The standard InChI is InChI=1S/C14H11ClFN3S/c15-13-4-2-1-3-10(13)9-18-19(14(17)20)12-7-5-11(16)6-8-12/h1-9H,(H2,17,20)/b18-9+. The largest absolute Gasteiger partial charge is 0.374 e. The van der Waals surface area contributed by atoms with Crippen molar-refractivity contribution in [1.29, 1.82) is 0 Å². The van der Waals surface area contributed by atoms with Gasteiger partial charge in [0.15, 0.2) is 5.11 Å². The normalized spacial score (nSPS) is 10.7. The zero-order valence-electron chi connectivity index (χ0n) is 10.3. The molecule has 0 radical (unpaired) electrons. The number of anilines is 1. The molecule has 0 aliphatic rings. The molecule has 0 atom stereocenters. The third-order valence-electron chi connectivity index (χ3n) is 2.50. The number of nitrogens with zero attached hydrogens (tertiary/aromatic N) is 2. The van der Waals surface area contributed by atoms with Gasteiger partial charge < -0.3 is 5.73 Å². The van der Waals surface area contributed by atoms with E-state index in [2.05, 4.69) is 5.10 Å². The molecule has 0 amide bonds. The van der Waals surface area contributed by atoms with Gasteiger partial charge in [-0.2, -0.15) is 5.10 Å². The second-order valence-electron chi connectivity index (χ2n) is 3.89. The van der Waals surface area contributed by atoms with Crippen LogP contribution in [-0.4, -0.2) is 11.3 Å². The Hall–Kier alpha value is -1.98. The third kappa shape index (κ3) is 3.53. The minimum Gasteiger partial charge on any atom is -0.374 e. The first-order chi connectivity index (χ1) is 9.58. The Kier molecular flexibility index (Phi) is 4.65. The Morgan fingerprint density at radius 2 is 1.85 bits per heavy atom. The highest BCUT2D eigenvalue weighted by Gasteiger charge is 2.07. The summed E-state index contributed by atoms with van der Waals surface area (Å²) in [5.74, 6) is -0.341. The first kappa shape index (κ1) is 14.4. The maximum atomic E-state index is 12.9. The highest BCUT2D eigenvalue weighted by Crippen LogP contribution is 2.17. The van der Waals surface area contributed by atoms with Crippen LogP contribution in [0.4, 0.5) is 10.1 Å². The molecular formula is C14H11ClFN3S. The van der Waals surface area contributed by atoms with Crippen molar-refractivity contribution >= 4 is 40.8 Å². The predicted octanol–water partition coefficient (Wildman–Crippen LogP) is 3.56. The molecule has 0 saturated carbocycles. The molecule has 2 aromatic carbocycles. The number of halogens is 2. The lowest BCUT2D eigenvalue weighted by Crippen LogP contribution is -2.30. The summed E-state index contributed by atoms with van der Waals surface area (Å²) in [6.07, 6.45) is 1.55. The average molecular weight is 308 g/mol. The van der Waals surface area contributed by atoms with Gasteiger partial charge in [-0.05, 0) is 42.5 Å². The Bertz CT molecular complexity index is 643. The van der Waals surface area contributed by atoms with Crippen molar-refractivity contribution < 1.29 is 4.39 Å². The van der Waals surface area contributed by atoms with Crippen LogP contribution in [0.5, 0.6) is 0 Å². The molecule has 2 N–H and O–H groups in total. The summed E-state index contributed by atoms with van der Waals surface area (Å²) in [5.41, 5.74) is 6.93. The first-order valence-corrected chi connectivity index (χ1v) is 6.50. The van der Waals surface area contributed by atoms with E-state index in [9.17, 15) is 4.39 Å². The molecule has 102 valence electrons. The van der Waals surface area contributed by atoms with Gasteiger partial charge >= 0.3 is 0 Å². The number of rotatable bonds is 3. The van der Waals surface area contributed by atoms with Crippen molar-refractivity contribution in [2.75, 3.05) is 5.01 Å². The number of hydrazone groups is 1. The fourth-order valence-electron chi connectivity index (χ4n) is 1.53. The van der Waals surface area contributed by atoms with E-state index in [1.54, 1.807) is 24.4 Å². The number of nitrogens with two attached hydrogens (primary N) is 1. The Morgan fingerprint density at radius 1 is 1.20 bits per heavy atom. The van der Waals surface area contributed by atoms with Gasteiger partial charge in [0, 0.05) is 10.6 Å². The minimum absolute atomic E-state index is 0.0555. The molecule has 0 aliphatic carbocycles. The number of hydrogen-bond acceptors (Lipinski definition) is 2. The lowest BCUT2D eigenvalue weighted by molar-refractivity contribution is 0.628. The SMILES string of the molecule is NC(=S)N(/N=C/c1ccccc1Cl)c1ccc(F)cc1. The number of benzene rings is 2. The van der Waals surface area contributed by atoms with Crippen LogP contribution in [0.2, 0.25) is 5.02 Å². The summed E-state index contributed by atoms with van der Waals surface area (Å²) >= 11 is 11.0. The van der Waals surface area contributed by atoms with Gasteiger partial charge in [0.25, 0.3) is 0 Å². The topological polar surface area (TPSA) is 41.6 Å². The molecule has 0 aliphatic heterocycles. The van der Waals surface area contributed by atoms with Crippen LogP contribution < -0.4 is 10.7 Å². The van der Waals surface area contributed by atoms with Gasteiger partial charge in [-0.15, -0.1) is 0 Å². The zero-order valence-corrected chi connectivity index (χ0v) is 11.9. The maximum Gasteiger partial charge on any atom is 0.191 e. The van der Waals surface area contributed by atoms with Gasteiger partial charge in [0.05, 0.1) is 11.9 Å². The second-order valence-corrected chi connectivity index (χ2v) is 4.72. The van der Waals surface area contributed by atoms with Crippen LogP contribution in [0.3, 0.4) is 0 Å². The second kappa shape index (κ2) is 6.45. The summed E-state index contributed by atoms with van der Waals surface area (Å²) in [6, 6.07) is 12.9. The van der Waals surface area contributed by atoms with Crippen LogP contribution >= 0.6 is 23.8 Å². The highest BCUT2D eigenvalue weighted by molar-refractivity contribution is 7.80. The summed E-state index contributed by atoms with van der Waals surface area (Å²) in [7, 11) is 0. The molecule has 2 rings (SSSR count). The van der Waals surface area contributed by atoms with Gasteiger partial charge in [-0.1, -0.05) is 29.8 Å². The van der Waals surface area contributed by atoms with Crippen molar-refractivity contribution in [3.05, 3.63) is 64.9 Å². The monoisotopic (exact) mass is 307 g/mol. The van der Waals surface area contributed by atoms with Gasteiger partial charge in [0.2, 0.25) is 0 Å². The molecule has 6 heteroatoms. The zero-order chi connectivity index (χ0) is 14.5. The Morgan fingerprint density at radius 3 is 2.45 bits per heavy atom. The summed E-state index contributed by atoms with van der Waals surface area (Å²) in [4.78, 5) is 0. The van der Waals surface area contributed by atoms with E-state index in [0.717, 1.165) is 5.56 Å². The van der Waals surface area contributed by atoms with Crippen molar-refractivity contribution in [3.8, 4) is 0 Å². The molecule has 0 heterocycles. The molecule has 0 unspecified atom stereocenters. The third-order valence-corrected chi connectivity index (χ3v) is 3.01.